The Morgan fingerprint density at radius 3 is 2.44 bits per heavy atom. The lowest BCUT2D eigenvalue weighted by Crippen LogP contribution is -2.26. The van der Waals surface area contributed by atoms with Gasteiger partial charge in [0.1, 0.15) is 11.6 Å². The summed E-state index contributed by atoms with van der Waals surface area (Å²) in [6.45, 7) is 6.59. The van der Waals surface area contributed by atoms with E-state index >= 15 is 0 Å². The quantitative estimate of drug-likeness (QED) is 0.753. The Labute approximate surface area is 116 Å². The fourth-order valence-corrected chi connectivity index (χ4v) is 2.06. The van der Waals surface area contributed by atoms with Crippen molar-refractivity contribution in [3.63, 3.8) is 0 Å². The van der Waals surface area contributed by atoms with Gasteiger partial charge in [-0.05, 0) is 53.7 Å². The second-order valence-corrected chi connectivity index (χ2v) is 5.93. The molecule has 4 heteroatoms. The standard InChI is InChI=1S/C14H20BrF2N/c1-9(2)4-5-10(3)18-8-11-13(16)7-6-12(15)14(11)17/h6-7,9-10,18H,4-5,8H2,1-3H3. The van der Waals surface area contributed by atoms with Crippen molar-refractivity contribution in [2.24, 2.45) is 5.92 Å². The van der Waals surface area contributed by atoms with Crippen LogP contribution in [0, 0.1) is 17.6 Å². The van der Waals surface area contributed by atoms with Crippen molar-refractivity contribution < 1.29 is 8.78 Å². The molecule has 1 atom stereocenters. The first kappa shape index (κ1) is 15.6. The van der Waals surface area contributed by atoms with Crippen molar-refractivity contribution in [1.29, 1.82) is 0 Å². The van der Waals surface area contributed by atoms with E-state index in [2.05, 4.69) is 35.1 Å². The van der Waals surface area contributed by atoms with Crippen LogP contribution in [0.2, 0.25) is 0 Å². The first-order valence-corrected chi connectivity index (χ1v) is 7.06. The minimum Gasteiger partial charge on any atom is -0.310 e. The van der Waals surface area contributed by atoms with Crippen LogP contribution in [0.5, 0.6) is 0 Å². The summed E-state index contributed by atoms with van der Waals surface area (Å²) >= 11 is 3.07. The van der Waals surface area contributed by atoms with Crippen LogP contribution >= 0.6 is 15.9 Å². The summed E-state index contributed by atoms with van der Waals surface area (Å²) in [7, 11) is 0. The maximum atomic E-state index is 13.7. The van der Waals surface area contributed by atoms with Crippen LogP contribution in [0.15, 0.2) is 16.6 Å². The molecule has 18 heavy (non-hydrogen) atoms. The number of halogens is 3. The van der Waals surface area contributed by atoms with Gasteiger partial charge in [-0.15, -0.1) is 0 Å². The van der Waals surface area contributed by atoms with Gasteiger partial charge < -0.3 is 5.32 Å². The molecule has 1 aromatic rings. The topological polar surface area (TPSA) is 12.0 Å². The molecule has 0 saturated carbocycles. The van der Waals surface area contributed by atoms with Crippen molar-refractivity contribution in [1.82, 2.24) is 5.32 Å². The van der Waals surface area contributed by atoms with E-state index in [1.54, 1.807) is 0 Å². The van der Waals surface area contributed by atoms with Gasteiger partial charge in [-0.2, -0.15) is 0 Å². The molecule has 0 fully saturated rings. The van der Waals surface area contributed by atoms with E-state index in [-0.39, 0.29) is 18.2 Å². The van der Waals surface area contributed by atoms with Gasteiger partial charge in [0.25, 0.3) is 0 Å². The van der Waals surface area contributed by atoms with Crippen molar-refractivity contribution in [3.8, 4) is 0 Å². The second-order valence-electron chi connectivity index (χ2n) is 5.07. The molecule has 0 heterocycles. The first-order chi connectivity index (χ1) is 8.41. The molecule has 102 valence electrons. The molecule has 1 aromatic carbocycles. The zero-order valence-electron chi connectivity index (χ0n) is 11.1. The lowest BCUT2D eigenvalue weighted by molar-refractivity contribution is 0.439. The molecule has 0 saturated heterocycles. The molecule has 1 nitrogen and oxygen atoms in total. The lowest BCUT2D eigenvalue weighted by atomic mass is 10.0. The number of hydrogen-bond donors (Lipinski definition) is 1. The molecule has 0 aliphatic carbocycles. The molecule has 0 aromatic heterocycles. The average Bonchev–Trinajstić information content (AvgIpc) is 2.31. The van der Waals surface area contributed by atoms with Crippen LogP contribution in [0.25, 0.3) is 0 Å². The highest BCUT2D eigenvalue weighted by Crippen LogP contribution is 2.21. The Morgan fingerprint density at radius 2 is 1.83 bits per heavy atom. The molecular formula is C14H20BrF2N. The maximum Gasteiger partial charge on any atom is 0.144 e. The average molecular weight is 320 g/mol. The summed E-state index contributed by atoms with van der Waals surface area (Å²) < 4.78 is 27.5. The number of benzene rings is 1. The summed E-state index contributed by atoms with van der Waals surface area (Å²) in [5.41, 5.74) is 0.0979. The zero-order valence-corrected chi connectivity index (χ0v) is 12.7. The van der Waals surface area contributed by atoms with Crippen LogP contribution in [0.1, 0.15) is 39.2 Å². The van der Waals surface area contributed by atoms with E-state index in [1.807, 2.05) is 6.92 Å². The maximum absolute atomic E-state index is 13.7. The first-order valence-electron chi connectivity index (χ1n) is 6.27. The monoisotopic (exact) mass is 319 g/mol. The molecule has 1 rings (SSSR count). The van der Waals surface area contributed by atoms with Gasteiger partial charge in [0, 0.05) is 18.2 Å². The highest BCUT2D eigenvalue weighted by Gasteiger charge is 2.13. The van der Waals surface area contributed by atoms with E-state index < -0.39 is 11.6 Å². The van der Waals surface area contributed by atoms with Crippen LogP contribution < -0.4 is 5.32 Å². The number of nitrogens with one attached hydrogen (secondary N) is 1. The Morgan fingerprint density at radius 1 is 1.17 bits per heavy atom. The third-order valence-corrected chi connectivity index (χ3v) is 3.56. The highest BCUT2D eigenvalue weighted by molar-refractivity contribution is 9.10. The van der Waals surface area contributed by atoms with Crippen molar-refractivity contribution >= 4 is 15.9 Å². The summed E-state index contributed by atoms with van der Waals surface area (Å²) in [6, 6.07) is 2.92. The highest BCUT2D eigenvalue weighted by atomic mass is 79.9. The van der Waals surface area contributed by atoms with E-state index in [0.717, 1.165) is 12.8 Å². The van der Waals surface area contributed by atoms with Crippen LogP contribution in [-0.2, 0) is 6.54 Å². The smallest absolute Gasteiger partial charge is 0.144 e. The fourth-order valence-electron chi connectivity index (χ4n) is 1.69. The SMILES string of the molecule is CC(C)CCC(C)NCc1c(F)ccc(Br)c1F. The van der Waals surface area contributed by atoms with Crippen LogP contribution in [0.4, 0.5) is 8.78 Å². The van der Waals surface area contributed by atoms with Gasteiger partial charge in [0.05, 0.1) is 4.47 Å². The Bertz CT molecular complexity index is 394. The minimum absolute atomic E-state index is 0.0979. The second kappa shape index (κ2) is 7.19. The molecule has 0 aliphatic rings. The minimum atomic E-state index is -0.515. The zero-order chi connectivity index (χ0) is 13.7. The normalized spacial score (nSPS) is 13.1. The van der Waals surface area contributed by atoms with E-state index in [4.69, 9.17) is 0 Å². The van der Waals surface area contributed by atoms with E-state index in [9.17, 15) is 8.78 Å². The van der Waals surface area contributed by atoms with Crippen LogP contribution in [0.3, 0.4) is 0 Å². The van der Waals surface area contributed by atoms with Gasteiger partial charge in [-0.1, -0.05) is 13.8 Å². The van der Waals surface area contributed by atoms with Gasteiger partial charge in [0.2, 0.25) is 0 Å². The molecule has 1 unspecified atom stereocenters. The van der Waals surface area contributed by atoms with E-state index in [0.29, 0.717) is 10.4 Å². The Balaban J connectivity index is 2.55. The number of hydrogen-bond acceptors (Lipinski definition) is 1. The van der Waals surface area contributed by atoms with Crippen molar-refractivity contribution in [3.05, 3.63) is 33.8 Å². The predicted octanol–water partition coefficient (Wildman–Crippen LogP) is 4.64. The summed E-state index contributed by atoms with van der Waals surface area (Å²) in [6.07, 6.45) is 2.12. The summed E-state index contributed by atoms with van der Waals surface area (Å²) in [4.78, 5) is 0. The predicted molar refractivity (Wildman–Crippen MR) is 74.4 cm³/mol. The molecule has 0 aliphatic heterocycles. The Kier molecular flexibility index (Phi) is 6.22. The molecule has 0 spiro atoms. The fraction of sp³-hybridized carbons (Fsp3) is 0.571. The largest absolute Gasteiger partial charge is 0.310 e. The molecule has 0 bridgehead atoms. The van der Waals surface area contributed by atoms with Crippen LogP contribution in [-0.4, -0.2) is 6.04 Å². The molecular weight excluding hydrogens is 300 g/mol. The molecule has 0 amide bonds. The third kappa shape index (κ3) is 4.65. The van der Waals surface area contributed by atoms with Gasteiger partial charge in [-0.25, -0.2) is 8.78 Å². The number of rotatable bonds is 6. The van der Waals surface area contributed by atoms with E-state index in [1.165, 1.54) is 12.1 Å². The lowest BCUT2D eigenvalue weighted by Gasteiger charge is -2.16. The third-order valence-electron chi connectivity index (χ3n) is 2.94. The van der Waals surface area contributed by atoms with Gasteiger partial charge >= 0.3 is 0 Å². The Hall–Kier alpha value is -0.480. The van der Waals surface area contributed by atoms with Gasteiger partial charge in [-0.3, -0.25) is 0 Å². The van der Waals surface area contributed by atoms with Gasteiger partial charge in [0.15, 0.2) is 0 Å². The van der Waals surface area contributed by atoms with Crippen molar-refractivity contribution in [2.75, 3.05) is 0 Å². The summed E-state index contributed by atoms with van der Waals surface area (Å²) in [5, 5.41) is 3.16. The molecule has 0 radical (unpaired) electrons. The molecule has 1 N–H and O–H groups in total. The summed E-state index contributed by atoms with van der Waals surface area (Å²) in [5.74, 6) is -0.369. The van der Waals surface area contributed by atoms with Crippen molar-refractivity contribution in [2.45, 2.75) is 46.2 Å².